The van der Waals surface area contributed by atoms with Crippen molar-refractivity contribution in [1.29, 1.82) is 0 Å². The maximum atomic E-state index is 12.7. The molecule has 1 aromatic heterocycles. The molecule has 3 heterocycles. The second-order valence-electron chi connectivity index (χ2n) is 7.61. The molecule has 1 amide bonds. The summed E-state index contributed by atoms with van der Waals surface area (Å²) in [6.07, 6.45) is 1.67. The average molecular weight is 400 g/mol. The zero-order valence-electron chi connectivity index (χ0n) is 16.9. The van der Waals surface area contributed by atoms with Crippen molar-refractivity contribution in [3.63, 3.8) is 0 Å². The van der Waals surface area contributed by atoms with E-state index < -0.39 is 5.97 Å². The van der Waals surface area contributed by atoms with Crippen molar-refractivity contribution < 1.29 is 23.5 Å². The van der Waals surface area contributed by atoms with E-state index in [4.69, 9.17) is 13.9 Å². The minimum Gasteiger partial charge on any atom is -0.460 e. The number of carbonyl (C=O) groups excluding carboxylic acids is 2. The van der Waals surface area contributed by atoms with Gasteiger partial charge in [0, 0.05) is 36.5 Å². The molecule has 7 heteroatoms. The van der Waals surface area contributed by atoms with Crippen LogP contribution in [0.5, 0.6) is 0 Å². The van der Waals surface area contributed by atoms with Gasteiger partial charge in [-0.3, -0.25) is 9.69 Å². The van der Waals surface area contributed by atoms with E-state index in [1.54, 1.807) is 6.92 Å². The quantitative estimate of drug-likeness (QED) is 0.719. The summed E-state index contributed by atoms with van der Waals surface area (Å²) >= 11 is 0. The fourth-order valence-corrected chi connectivity index (χ4v) is 4.22. The van der Waals surface area contributed by atoms with Crippen molar-refractivity contribution in [3.05, 3.63) is 35.6 Å². The van der Waals surface area contributed by atoms with Crippen molar-refractivity contribution in [2.24, 2.45) is 5.92 Å². The molecule has 4 rings (SSSR count). The van der Waals surface area contributed by atoms with E-state index in [9.17, 15) is 9.59 Å². The molecule has 2 saturated heterocycles. The summed E-state index contributed by atoms with van der Waals surface area (Å²) in [6.45, 7) is 7.02. The Morgan fingerprint density at radius 3 is 2.55 bits per heavy atom. The summed E-state index contributed by atoms with van der Waals surface area (Å²) < 4.78 is 16.4. The predicted molar refractivity (Wildman–Crippen MR) is 108 cm³/mol. The molecule has 0 aliphatic carbocycles. The molecule has 2 aliphatic rings. The number of piperidine rings is 1. The van der Waals surface area contributed by atoms with E-state index in [2.05, 4.69) is 4.90 Å². The molecule has 2 fully saturated rings. The van der Waals surface area contributed by atoms with Crippen molar-refractivity contribution >= 4 is 22.8 Å². The molecular formula is C22H28N2O5. The molecule has 29 heavy (non-hydrogen) atoms. The number of hydrogen-bond acceptors (Lipinski definition) is 6. The molecule has 7 nitrogen and oxygen atoms in total. The Morgan fingerprint density at radius 1 is 1.10 bits per heavy atom. The molecule has 0 radical (unpaired) electrons. The summed E-state index contributed by atoms with van der Waals surface area (Å²) in [5.41, 5.74) is 1.57. The third-order valence-electron chi connectivity index (χ3n) is 5.80. The highest BCUT2D eigenvalue weighted by Crippen LogP contribution is 2.29. The minimum atomic E-state index is -0.420. The predicted octanol–water partition coefficient (Wildman–Crippen LogP) is 2.68. The number of carbonyl (C=O) groups is 2. The topological polar surface area (TPSA) is 72.2 Å². The van der Waals surface area contributed by atoms with Crippen LogP contribution in [-0.4, -0.2) is 67.7 Å². The van der Waals surface area contributed by atoms with Crippen LogP contribution in [0.2, 0.25) is 0 Å². The van der Waals surface area contributed by atoms with Gasteiger partial charge in [0.25, 0.3) is 0 Å². The van der Waals surface area contributed by atoms with Gasteiger partial charge in [-0.15, -0.1) is 0 Å². The number of likely N-dealkylation sites (tertiary alicyclic amines) is 1. The first kappa shape index (κ1) is 19.9. The van der Waals surface area contributed by atoms with Crippen LogP contribution in [0, 0.1) is 5.92 Å². The zero-order valence-corrected chi connectivity index (χ0v) is 16.9. The van der Waals surface area contributed by atoms with Gasteiger partial charge in [0.15, 0.2) is 0 Å². The Hall–Kier alpha value is -2.38. The summed E-state index contributed by atoms with van der Waals surface area (Å²) in [5, 5.41) is 0.946. The number of nitrogens with zero attached hydrogens (tertiary/aromatic N) is 2. The number of esters is 1. The van der Waals surface area contributed by atoms with E-state index in [1.807, 2.05) is 29.2 Å². The van der Waals surface area contributed by atoms with Crippen molar-refractivity contribution in [3.8, 4) is 0 Å². The number of fused-ring (bicyclic) bond motifs is 1. The highest BCUT2D eigenvalue weighted by atomic mass is 16.5. The molecule has 2 aromatic rings. The number of hydrogen-bond donors (Lipinski definition) is 0. The molecule has 0 spiro atoms. The third-order valence-corrected chi connectivity index (χ3v) is 5.80. The number of para-hydroxylation sites is 1. The molecule has 2 aliphatic heterocycles. The number of furan rings is 1. The summed E-state index contributed by atoms with van der Waals surface area (Å²) in [5.74, 6) is 0.208. The van der Waals surface area contributed by atoms with Crippen LogP contribution in [0.3, 0.4) is 0 Å². The van der Waals surface area contributed by atoms with Gasteiger partial charge in [-0.2, -0.15) is 0 Å². The van der Waals surface area contributed by atoms with E-state index in [0.717, 1.165) is 36.9 Å². The molecule has 0 N–H and O–H groups in total. The maximum Gasteiger partial charge on any atom is 0.374 e. The largest absolute Gasteiger partial charge is 0.460 e. The Morgan fingerprint density at radius 2 is 1.83 bits per heavy atom. The third kappa shape index (κ3) is 4.31. The van der Waals surface area contributed by atoms with Gasteiger partial charge in [0.1, 0.15) is 5.58 Å². The molecular weight excluding hydrogens is 372 g/mol. The SMILES string of the molecule is CCOC(=O)c1oc2ccccc2c1CN1CCC(C(=O)N2CCOCC2)CC1. The van der Waals surface area contributed by atoms with Crippen LogP contribution >= 0.6 is 0 Å². The first-order valence-corrected chi connectivity index (χ1v) is 10.4. The fraction of sp³-hybridized carbons (Fsp3) is 0.545. The Balaban J connectivity index is 1.44. The van der Waals surface area contributed by atoms with Crippen molar-refractivity contribution in [2.45, 2.75) is 26.3 Å². The normalized spacial score (nSPS) is 18.9. The van der Waals surface area contributed by atoms with Crippen LogP contribution in [0.4, 0.5) is 0 Å². The molecule has 0 unspecified atom stereocenters. The number of rotatable bonds is 5. The summed E-state index contributed by atoms with van der Waals surface area (Å²) in [6, 6.07) is 7.69. The number of ether oxygens (including phenoxy) is 2. The molecule has 0 atom stereocenters. The highest BCUT2D eigenvalue weighted by Gasteiger charge is 2.31. The van der Waals surface area contributed by atoms with Gasteiger partial charge in [-0.25, -0.2) is 4.79 Å². The Labute approximate surface area is 170 Å². The average Bonchev–Trinajstić information content (AvgIpc) is 3.13. The van der Waals surface area contributed by atoms with Crippen LogP contribution in [0.1, 0.15) is 35.9 Å². The lowest BCUT2D eigenvalue weighted by Crippen LogP contribution is -2.46. The summed E-state index contributed by atoms with van der Waals surface area (Å²) in [7, 11) is 0. The lowest BCUT2D eigenvalue weighted by molar-refractivity contribution is -0.141. The van der Waals surface area contributed by atoms with Gasteiger partial charge < -0.3 is 18.8 Å². The standard InChI is InChI=1S/C22H28N2O5/c1-2-28-22(26)20-18(17-5-3-4-6-19(17)29-20)15-23-9-7-16(8-10-23)21(25)24-11-13-27-14-12-24/h3-6,16H,2,7-15H2,1H3. The molecule has 0 saturated carbocycles. The monoisotopic (exact) mass is 400 g/mol. The first-order valence-electron chi connectivity index (χ1n) is 10.4. The minimum absolute atomic E-state index is 0.0787. The number of benzene rings is 1. The zero-order chi connectivity index (χ0) is 20.2. The number of morpholine rings is 1. The van der Waals surface area contributed by atoms with Crippen molar-refractivity contribution in [1.82, 2.24) is 9.80 Å². The van der Waals surface area contributed by atoms with E-state index in [-0.39, 0.29) is 11.8 Å². The lowest BCUT2D eigenvalue weighted by atomic mass is 9.94. The fourth-order valence-electron chi connectivity index (χ4n) is 4.22. The maximum absolute atomic E-state index is 12.7. The second kappa shape index (κ2) is 8.97. The van der Waals surface area contributed by atoms with Crippen LogP contribution < -0.4 is 0 Å². The van der Waals surface area contributed by atoms with Crippen LogP contribution in [0.25, 0.3) is 11.0 Å². The second-order valence-corrected chi connectivity index (χ2v) is 7.61. The van der Waals surface area contributed by atoms with E-state index in [0.29, 0.717) is 50.8 Å². The van der Waals surface area contributed by atoms with Crippen molar-refractivity contribution in [2.75, 3.05) is 46.0 Å². The Bertz CT molecular complexity index is 863. The van der Waals surface area contributed by atoms with E-state index >= 15 is 0 Å². The van der Waals surface area contributed by atoms with E-state index in [1.165, 1.54) is 0 Å². The molecule has 0 bridgehead atoms. The van der Waals surface area contributed by atoms with Crippen LogP contribution in [0.15, 0.2) is 28.7 Å². The Kier molecular flexibility index (Phi) is 6.16. The van der Waals surface area contributed by atoms with Gasteiger partial charge in [-0.05, 0) is 38.9 Å². The van der Waals surface area contributed by atoms with Gasteiger partial charge in [-0.1, -0.05) is 18.2 Å². The highest BCUT2D eigenvalue weighted by molar-refractivity contribution is 5.96. The van der Waals surface area contributed by atoms with Crippen LogP contribution in [-0.2, 0) is 20.8 Å². The lowest BCUT2D eigenvalue weighted by Gasteiger charge is -2.35. The smallest absolute Gasteiger partial charge is 0.374 e. The number of amides is 1. The molecule has 1 aromatic carbocycles. The summed E-state index contributed by atoms with van der Waals surface area (Å²) in [4.78, 5) is 29.4. The van der Waals surface area contributed by atoms with Gasteiger partial charge >= 0.3 is 5.97 Å². The van der Waals surface area contributed by atoms with Gasteiger partial charge in [0.05, 0.1) is 19.8 Å². The van der Waals surface area contributed by atoms with Gasteiger partial charge in [0.2, 0.25) is 11.7 Å². The first-order chi connectivity index (χ1) is 14.2. The molecule has 156 valence electrons.